The highest BCUT2D eigenvalue weighted by Crippen LogP contribution is 2.34. The fraction of sp³-hybridized carbons (Fsp3) is 0.562. The summed E-state index contributed by atoms with van der Waals surface area (Å²) in [6.45, 7) is 11.8. The van der Waals surface area contributed by atoms with Crippen molar-refractivity contribution in [2.24, 2.45) is 11.1 Å². The third kappa shape index (κ3) is 2.96. The van der Waals surface area contributed by atoms with Crippen LogP contribution in [0, 0.1) is 12.3 Å². The lowest BCUT2D eigenvalue weighted by Crippen LogP contribution is -2.56. The van der Waals surface area contributed by atoms with Gasteiger partial charge in [0, 0.05) is 18.2 Å². The molecule has 0 fully saturated rings. The molecule has 0 spiro atoms. The van der Waals surface area contributed by atoms with E-state index in [4.69, 9.17) is 5.73 Å². The number of phenols is 1. The van der Waals surface area contributed by atoms with Crippen molar-refractivity contribution >= 4 is 11.6 Å². The molecule has 4 heteroatoms. The zero-order valence-electron chi connectivity index (χ0n) is 13.3. The Balaban J connectivity index is 3.27. The minimum absolute atomic E-state index is 0.0406. The molecule has 0 heterocycles. The SMILES string of the molecule is CCN(C(=O)C(C)(C)C(C)(C)N)c1cc(O)ccc1C. The summed E-state index contributed by atoms with van der Waals surface area (Å²) in [7, 11) is 0. The molecular formula is C16H26N2O2. The van der Waals surface area contributed by atoms with E-state index in [-0.39, 0.29) is 11.7 Å². The number of hydrogen-bond acceptors (Lipinski definition) is 3. The average Bonchev–Trinajstić information content (AvgIpc) is 2.32. The summed E-state index contributed by atoms with van der Waals surface area (Å²) < 4.78 is 0. The molecule has 1 aromatic rings. The molecule has 0 aliphatic heterocycles. The van der Waals surface area contributed by atoms with E-state index >= 15 is 0 Å². The lowest BCUT2D eigenvalue weighted by Gasteiger charge is -2.40. The molecule has 0 aromatic heterocycles. The van der Waals surface area contributed by atoms with Gasteiger partial charge in [0.1, 0.15) is 5.75 Å². The van der Waals surface area contributed by atoms with Crippen molar-refractivity contribution in [3.05, 3.63) is 23.8 Å². The molecule has 0 radical (unpaired) electrons. The van der Waals surface area contributed by atoms with Crippen LogP contribution in [0.5, 0.6) is 5.75 Å². The summed E-state index contributed by atoms with van der Waals surface area (Å²) in [5.74, 6) is 0.114. The number of phenolic OH excluding ortho intramolecular Hbond substituents is 1. The second-order valence-electron chi connectivity index (χ2n) is 6.37. The molecule has 1 amide bonds. The van der Waals surface area contributed by atoms with Crippen LogP contribution in [0.1, 0.15) is 40.2 Å². The fourth-order valence-corrected chi connectivity index (χ4v) is 1.92. The topological polar surface area (TPSA) is 66.6 Å². The number of nitrogens with two attached hydrogens (primary N) is 1. The number of aryl methyl sites for hydroxylation is 1. The Labute approximate surface area is 121 Å². The summed E-state index contributed by atoms with van der Waals surface area (Å²) in [6, 6.07) is 5.05. The van der Waals surface area contributed by atoms with Crippen LogP contribution >= 0.6 is 0 Å². The molecule has 1 aromatic carbocycles. The quantitative estimate of drug-likeness (QED) is 0.890. The number of nitrogens with zero attached hydrogens (tertiary/aromatic N) is 1. The van der Waals surface area contributed by atoms with Crippen LogP contribution in [0.2, 0.25) is 0 Å². The van der Waals surface area contributed by atoms with Crippen molar-refractivity contribution in [2.75, 3.05) is 11.4 Å². The summed E-state index contributed by atoms with van der Waals surface area (Å²) in [5.41, 5.74) is 6.49. The molecule has 0 aliphatic carbocycles. The predicted molar refractivity (Wildman–Crippen MR) is 82.9 cm³/mol. The van der Waals surface area contributed by atoms with Gasteiger partial charge in [-0.2, -0.15) is 0 Å². The number of benzene rings is 1. The summed E-state index contributed by atoms with van der Waals surface area (Å²) in [5, 5.41) is 9.66. The molecule has 112 valence electrons. The smallest absolute Gasteiger partial charge is 0.234 e. The van der Waals surface area contributed by atoms with E-state index in [0.29, 0.717) is 6.54 Å². The minimum atomic E-state index is -0.707. The molecule has 4 nitrogen and oxygen atoms in total. The second-order valence-corrected chi connectivity index (χ2v) is 6.37. The Morgan fingerprint density at radius 2 is 1.85 bits per heavy atom. The van der Waals surface area contributed by atoms with Gasteiger partial charge in [-0.1, -0.05) is 6.07 Å². The lowest BCUT2D eigenvalue weighted by molar-refractivity contribution is -0.129. The van der Waals surface area contributed by atoms with E-state index in [1.165, 1.54) is 0 Å². The van der Waals surface area contributed by atoms with Crippen molar-refractivity contribution in [3.8, 4) is 5.75 Å². The monoisotopic (exact) mass is 278 g/mol. The highest BCUT2D eigenvalue weighted by atomic mass is 16.3. The van der Waals surface area contributed by atoms with Crippen molar-refractivity contribution in [1.82, 2.24) is 0 Å². The maximum atomic E-state index is 12.9. The first kappa shape index (κ1) is 16.5. The molecule has 0 aliphatic rings. The number of rotatable bonds is 4. The van der Waals surface area contributed by atoms with Crippen LogP contribution in [0.15, 0.2) is 18.2 Å². The molecule has 0 unspecified atom stereocenters. The van der Waals surface area contributed by atoms with Gasteiger partial charge in [0.05, 0.1) is 11.1 Å². The molecule has 0 atom stereocenters. The summed E-state index contributed by atoms with van der Waals surface area (Å²) >= 11 is 0. The number of aromatic hydroxyl groups is 1. The van der Waals surface area contributed by atoms with Gasteiger partial charge in [-0.25, -0.2) is 0 Å². The highest BCUT2D eigenvalue weighted by molar-refractivity contribution is 5.98. The molecule has 20 heavy (non-hydrogen) atoms. The largest absolute Gasteiger partial charge is 0.508 e. The fourth-order valence-electron chi connectivity index (χ4n) is 1.92. The Morgan fingerprint density at radius 3 is 2.30 bits per heavy atom. The third-order valence-corrected chi connectivity index (χ3v) is 4.19. The number of carbonyl (C=O) groups is 1. The molecule has 0 saturated heterocycles. The number of carbonyl (C=O) groups excluding carboxylic acids is 1. The van der Waals surface area contributed by atoms with E-state index in [2.05, 4.69) is 0 Å². The van der Waals surface area contributed by atoms with Crippen molar-refractivity contribution < 1.29 is 9.90 Å². The summed E-state index contributed by atoms with van der Waals surface area (Å²) in [6.07, 6.45) is 0. The number of anilines is 1. The highest BCUT2D eigenvalue weighted by Gasteiger charge is 2.43. The lowest BCUT2D eigenvalue weighted by atomic mass is 9.74. The van der Waals surface area contributed by atoms with Gasteiger partial charge in [-0.05, 0) is 53.2 Å². The van der Waals surface area contributed by atoms with Crippen molar-refractivity contribution in [1.29, 1.82) is 0 Å². The van der Waals surface area contributed by atoms with E-state index in [1.807, 2.05) is 41.5 Å². The Kier molecular flexibility index (Phi) is 4.49. The maximum Gasteiger partial charge on any atom is 0.234 e. The zero-order valence-corrected chi connectivity index (χ0v) is 13.3. The third-order valence-electron chi connectivity index (χ3n) is 4.19. The van der Waals surface area contributed by atoms with Gasteiger partial charge < -0.3 is 15.7 Å². The minimum Gasteiger partial charge on any atom is -0.508 e. The second kappa shape index (κ2) is 5.44. The van der Waals surface area contributed by atoms with Crippen LogP contribution in [0.4, 0.5) is 5.69 Å². The van der Waals surface area contributed by atoms with Gasteiger partial charge in [0.2, 0.25) is 5.91 Å². The maximum absolute atomic E-state index is 12.9. The Bertz CT molecular complexity index is 502. The normalized spacial score (nSPS) is 12.3. The van der Waals surface area contributed by atoms with E-state index in [9.17, 15) is 9.90 Å². The molecular weight excluding hydrogens is 252 g/mol. The molecule has 1 rings (SSSR count). The van der Waals surface area contributed by atoms with Crippen molar-refractivity contribution in [2.45, 2.75) is 47.1 Å². The van der Waals surface area contributed by atoms with Crippen LogP contribution in [-0.4, -0.2) is 23.1 Å². The first-order valence-electron chi connectivity index (χ1n) is 6.92. The molecule has 0 bridgehead atoms. The van der Waals surface area contributed by atoms with E-state index in [0.717, 1.165) is 11.3 Å². The van der Waals surface area contributed by atoms with Gasteiger partial charge in [-0.15, -0.1) is 0 Å². The zero-order chi connectivity index (χ0) is 15.7. The Morgan fingerprint density at radius 1 is 1.30 bits per heavy atom. The van der Waals surface area contributed by atoms with Crippen LogP contribution < -0.4 is 10.6 Å². The molecule has 0 saturated carbocycles. The van der Waals surface area contributed by atoms with Gasteiger partial charge in [0.15, 0.2) is 0 Å². The Hall–Kier alpha value is -1.55. The predicted octanol–water partition coefficient (Wildman–Crippen LogP) is 2.82. The van der Waals surface area contributed by atoms with Crippen LogP contribution in [0.25, 0.3) is 0 Å². The standard InChI is InChI=1S/C16H26N2O2/c1-7-18(13-10-12(19)9-8-11(13)2)14(20)15(3,4)16(5,6)17/h8-10,19H,7,17H2,1-6H3. The van der Waals surface area contributed by atoms with Gasteiger partial charge >= 0.3 is 0 Å². The van der Waals surface area contributed by atoms with E-state index < -0.39 is 11.0 Å². The number of hydrogen-bond donors (Lipinski definition) is 2. The van der Waals surface area contributed by atoms with Gasteiger partial charge in [0.25, 0.3) is 0 Å². The van der Waals surface area contributed by atoms with Gasteiger partial charge in [-0.3, -0.25) is 4.79 Å². The van der Waals surface area contributed by atoms with Crippen LogP contribution in [-0.2, 0) is 4.79 Å². The van der Waals surface area contributed by atoms with E-state index in [1.54, 1.807) is 23.1 Å². The first-order chi connectivity index (χ1) is 9.02. The average molecular weight is 278 g/mol. The number of amides is 1. The summed E-state index contributed by atoms with van der Waals surface area (Å²) in [4.78, 5) is 14.6. The van der Waals surface area contributed by atoms with Crippen LogP contribution in [0.3, 0.4) is 0 Å². The van der Waals surface area contributed by atoms with Crippen molar-refractivity contribution in [3.63, 3.8) is 0 Å². The molecule has 3 N–H and O–H groups in total. The first-order valence-corrected chi connectivity index (χ1v) is 6.92.